The zero-order valence-corrected chi connectivity index (χ0v) is 13.3. The molecule has 1 N–H and O–H groups in total. The highest BCUT2D eigenvalue weighted by atomic mass is 32.2. The van der Waals surface area contributed by atoms with Gasteiger partial charge < -0.3 is 9.88 Å². The number of pyridine rings is 1. The standard InChI is InChI=1S/C15H19N3O3S/c1-2-17-7-9-18(10-8-17)22(20,21)13-4-5-14-12(11-13)3-6-15(19)16-14/h3-6,11H,2,7-10H2,1H3,(H,16,19). The SMILES string of the molecule is CCN1CCN(S(=O)(=O)c2ccc3[nH]c(=O)ccc3c2)CC1. The first-order valence-corrected chi connectivity index (χ1v) is 8.80. The lowest BCUT2D eigenvalue weighted by molar-refractivity contribution is 0.196. The molecule has 0 bridgehead atoms. The smallest absolute Gasteiger partial charge is 0.248 e. The van der Waals surface area contributed by atoms with Crippen molar-refractivity contribution in [2.45, 2.75) is 11.8 Å². The Morgan fingerprint density at radius 2 is 1.82 bits per heavy atom. The average molecular weight is 321 g/mol. The van der Waals surface area contributed by atoms with Crippen molar-refractivity contribution in [1.29, 1.82) is 0 Å². The van der Waals surface area contributed by atoms with Gasteiger partial charge in [-0.2, -0.15) is 4.31 Å². The van der Waals surface area contributed by atoms with Crippen LogP contribution in [-0.4, -0.2) is 55.3 Å². The summed E-state index contributed by atoms with van der Waals surface area (Å²) in [6.07, 6.45) is 0. The van der Waals surface area contributed by atoms with Crippen LogP contribution in [0.4, 0.5) is 0 Å². The Labute approximate surface area is 129 Å². The van der Waals surface area contributed by atoms with Crippen LogP contribution in [0.3, 0.4) is 0 Å². The Kier molecular flexibility index (Phi) is 4.03. The topological polar surface area (TPSA) is 73.5 Å². The number of rotatable bonds is 3. The maximum absolute atomic E-state index is 12.7. The fourth-order valence-corrected chi connectivity index (χ4v) is 4.19. The number of hydrogen-bond acceptors (Lipinski definition) is 4. The minimum absolute atomic E-state index is 0.196. The molecule has 0 atom stereocenters. The zero-order valence-electron chi connectivity index (χ0n) is 12.4. The van der Waals surface area contributed by atoms with E-state index in [2.05, 4.69) is 16.8 Å². The van der Waals surface area contributed by atoms with Gasteiger partial charge in [-0.1, -0.05) is 6.92 Å². The normalized spacial score (nSPS) is 17.9. The van der Waals surface area contributed by atoms with Gasteiger partial charge >= 0.3 is 0 Å². The Bertz CT molecular complexity index is 836. The number of fused-ring (bicyclic) bond motifs is 1. The van der Waals surface area contributed by atoms with Crippen molar-refractivity contribution in [2.75, 3.05) is 32.7 Å². The molecular formula is C15H19N3O3S. The van der Waals surface area contributed by atoms with Gasteiger partial charge in [0.15, 0.2) is 0 Å². The van der Waals surface area contributed by atoms with E-state index >= 15 is 0 Å². The van der Waals surface area contributed by atoms with E-state index in [0.717, 1.165) is 19.6 Å². The van der Waals surface area contributed by atoms with Crippen molar-refractivity contribution < 1.29 is 8.42 Å². The van der Waals surface area contributed by atoms with E-state index in [0.29, 0.717) is 24.0 Å². The van der Waals surface area contributed by atoms with E-state index in [-0.39, 0.29) is 10.5 Å². The van der Waals surface area contributed by atoms with Crippen LogP contribution in [0.15, 0.2) is 40.0 Å². The summed E-state index contributed by atoms with van der Waals surface area (Å²) in [4.78, 5) is 16.5. The van der Waals surface area contributed by atoms with Gasteiger partial charge in [-0.25, -0.2) is 8.42 Å². The van der Waals surface area contributed by atoms with E-state index in [4.69, 9.17) is 0 Å². The van der Waals surface area contributed by atoms with Crippen LogP contribution in [-0.2, 0) is 10.0 Å². The van der Waals surface area contributed by atoms with Gasteiger partial charge in [-0.3, -0.25) is 4.79 Å². The summed E-state index contributed by atoms with van der Waals surface area (Å²) in [5, 5.41) is 0.716. The molecule has 1 fully saturated rings. The van der Waals surface area contributed by atoms with Crippen LogP contribution in [0.5, 0.6) is 0 Å². The number of hydrogen-bond donors (Lipinski definition) is 1. The highest BCUT2D eigenvalue weighted by Gasteiger charge is 2.28. The lowest BCUT2D eigenvalue weighted by Crippen LogP contribution is -2.48. The molecular weight excluding hydrogens is 302 g/mol. The fraction of sp³-hybridized carbons (Fsp3) is 0.400. The van der Waals surface area contributed by atoms with Gasteiger partial charge in [-0.05, 0) is 36.2 Å². The van der Waals surface area contributed by atoms with Gasteiger partial charge in [0, 0.05) is 37.8 Å². The average Bonchev–Trinajstić information content (AvgIpc) is 2.54. The van der Waals surface area contributed by atoms with Crippen molar-refractivity contribution in [3.05, 3.63) is 40.7 Å². The Hall–Kier alpha value is -1.70. The molecule has 0 spiro atoms. The number of H-pyrrole nitrogens is 1. The molecule has 7 heteroatoms. The highest BCUT2D eigenvalue weighted by molar-refractivity contribution is 7.89. The first-order valence-electron chi connectivity index (χ1n) is 7.36. The first kappa shape index (κ1) is 15.2. The van der Waals surface area contributed by atoms with Crippen molar-refractivity contribution in [3.8, 4) is 0 Å². The minimum atomic E-state index is -3.48. The molecule has 6 nitrogen and oxygen atoms in total. The Morgan fingerprint density at radius 1 is 1.09 bits per heavy atom. The highest BCUT2D eigenvalue weighted by Crippen LogP contribution is 2.21. The lowest BCUT2D eigenvalue weighted by Gasteiger charge is -2.33. The second kappa shape index (κ2) is 5.83. The molecule has 2 aromatic rings. The fourth-order valence-electron chi connectivity index (χ4n) is 2.73. The van der Waals surface area contributed by atoms with Gasteiger partial charge in [-0.15, -0.1) is 0 Å². The molecule has 0 unspecified atom stereocenters. The summed E-state index contributed by atoms with van der Waals surface area (Å²) in [6.45, 7) is 5.57. The molecule has 1 aromatic heterocycles. The largest absolute Gasteiger partial charge is 0.322 e. The third-order valence-electron chi connectivity index (χ3n) is 4.11. The molecule has 1 aromatic carbocycles. The third kappa shape index (κ3) is 2.79. The van der Waals surface area contributed by atoms with Crippen LogP contribution < -0.4 is 5.56 Å². The first-order chi connectivity index (χ1) is 10.5. The number of aromatic amines is 1. The van der Waals surface area contributed by atoms with Gasteiger partial charge in [0.1, 0.15) is 0 Å². The molecule has 0 radical (unpaired) electrons. The predicted molar refractivity (Wildman–Crippen MR) is 85.4 cm³/mol. The lowest BCUT2D eigenvalue weighted by atomic mass is 10.2. The summed E-state index contributed by atoms with van der Waals surface area (Å²) in [5.74, 6) is 0. The number of piperazine rings is 1. The molecule has 22 heavy (non-hydrogen) atoms. The van der Waals surface area contributed by atoms with E-state index in [9.17, 15) is 13.2 Å². The molecule has 2 heterocycles. The molecule has 1 aliphatic heterocycles. The summed E-state index contributed by atoms with van der Waals surface area (Å²) in [7, 11) is -3.48. The minimum Gasteiger partial charge on any atom is -0.322 e. The number of nitrogens with zero attached hydrogens (tertiary/aromatic N) is 2. The van der Waals surface area contributed by atoms with E-state index in [1.165, 1.54) is 10.4 Å². The van der Waals surface area contributed by atoms with Gasteiger partial charge in [0.2, 0.25) is 15.6 Å². The molecule has 0 aliphatic carbocycles. The number of benzene rings is 1. The van der Waals surface area contributed by atoms with Crippen molar-refractivity contribution in [2.24, 2.45) is 0 Å². The summed E-state index contributed by atoms with van der Waals surface area (Å²) in [6, 6.07) is 7.86. The van der Waals surface area contributed by atoms with Crippen molar-refractivity contribution in [3.63, 3.8) is 0 Å². The molecule has 0 amide bonds. The number of aromatic nitrogens is 1. The van der Waals surface area contributed by atoms with E-state index in [1.54, 1.807) is 24.3 Å². The van der Waals surface area contributed by atoms with E-state index in [1.807, 2.05) is 0 Å². The quantitative estimate of drug-likeness (QED) is 0.910. The Morgan fingerprint density at radius 3 is 2.50 bits per heavy atom. The number of likely N-dealkylation sites (N-methyl/N-ethyl adjacent to an activating group) is 1. The van der Waals surface area contributed by atoms with Gasteiger partial charge in [0.05, 0.1) is 4.90 Å². The van der Waals surface area contributed by atoms with E-state index < -0.39 is 10.0 Å². The van der Waals surface area contributed by atoms with Crippen LogP contribution in [0.1, 0.15) is 6.92 Å². The van der Waals surface area contributed by atoms with Gasteiger partial charge in [0.25, 0.3) is 0 Å². The summed E-state index contributed by atoms with van der Waals surface area (Å²) >= 11 is 0. The number of sulfonamides is 1. The molecule has 1 saturated heterocycles. The maximum Gasteiger partial charge on any atom is 0.248 e. The van der Waals surface area contributed by atoms with Crippen LogP contribution >= 0.6 is 0 Å². The molecule has 0 saturated carbocycles. The zero-order chi connectivity index (χ0) is 15.7. The maximum atomic E-state index is 12.7. The molecule has 1 aliphatic rings. The Balaban J connectivity index is 1.92. The summed E-state index contributed by atoms with van der Waals surface area (Å²) in [5.41, 5.74) is 0.445. The number of nitrogens with one attached hydrogen (secondary N) is 1. The predicted octanol–water partition coefficient (Wildman–Crippen LogP) is 0.854. The van der Waals surface area contributed by atoms with Crippen LogP contribution in [0.2, 0.25) is 0 Å². The molecule has 3 rings (SSSR count). The third-order valence-corrected chi connectivity index (χ3v) is 6.01. The second-order valence-electron chi connectivity index (χ2n) is 5.41. The molecule has 118 valence electrons. The van der Waals surface area contributed by atoms with Crippen LogP contribution in [0, 0.1) is 0 Å². The second-order valence-corrected chi connectivity index (χ2v) is 7.35. The van der Waals surface area contributed by atoms with Crippen molar-refractivity contribution >= 4 is 20.9 Å². The van der Waals surface area contributed by atoms with Crippen molar-refractivity contribution in [1.82, 2.24) is 14.2 Å². The van der Waals surface area contributed by atoms with Crippen LogP contribution in [0.25, 0.3) is 10.9 Å². The summed E-state index contributed by atoms with van der Waals surface area (Å²) < 4.78 is 27.0. The monoisotopic (exact) mass is 321 g/mol.